The average molecular weight is 215 g/mol. The minimum Gasteiger partial charge on any atom is -0.331 e. The molecule has 0 saturated heterocycles. The molecule has 1 heterocycles. The van der Waals surface area contributed by atoms with E-state index in [0.29, 0.717) is 0 Å². The zero-order chi connectivity index (χ0) is 11.0. The molecule has 78 valence electrons. The summed E-state index contributed by atoms with van der Waals surface area (Å²) in [6.45, 7) is 6.56. The third-order valence-corrected chi connectivity index (χ3v) is 2.15. The molecule has 0 aromatic carbocycles. The summed E-state index contributed by atoms with van der Waals surface area (Å²) in [5, 5.41) is 0.743. The molecule has 0 atom stereocenters. The molecule has 0 fully saturated rings. The van der Waals surface area contributed by atoms with Crippen molar-refractivity contribution in [2.45, 2.75) is 0 Å². The van der Waals surface area contributed by atoms with Gasteiger partial charge in [-0.3, -0.25) is 4.18 Å². The van der Waals surface area contributed by atoms with Gasteiger partial charge in [0.2, 0.25) is 0 Å². The Morgan fingerprint density at radius 2 is 1.79 bits per heavy atom. The molecule has 0 saturated carbocycles. The van der Waals surface area contributed by atoms with Crippen molar-refractivity contribution in [3.8, 4) is 0 Å². The maximum atomic E-state index is 10.0. The van der Waals surface area contributed by atoms with Gasteiger partial charge in [-0.2, -0.15) is 8.42 Å². The Kier molecular flexibility index (Phi) is 5.59. The van der Waals surface area contributed by atoms with E-state index in [4.69, 9.17) is 0 Å². The van der Waals surface area contributed by atoms with Crippen molar-refractivity contribution in [1.82, 2.24) is 4.57 Å². The molecule has 14 heavy (non-hydrogen) atoms. The van der Waals surface area contributed by atoms with E-state index >= 15 is 0 Å². The Morgan fingerprint density at radius 3 is 1.93 bits per heavy atom. The molecule has 0 spiro atoms. The highest BCUT2D eigenvalue weighted by molar-refractivity contribution is 7.89. The first-order chi connectivity index (χ1) is 6.55. The van der Waals surface area contributed by atoms with Crippen LogP contribution in [0, 0.1) is 0 Å². The van der Waals surface area contributed by atoms with Crippen molar-refractivity contribution in [2.24, 2.45) is 0 Å². The fraction of sp³-hybridized carbons (Fsp3) is 0.111. The number of hydrogen-bond acceptors (Lipinski definition) is 3. The molecule has 0 unspecified atom stereocenters. The maximum Gasteiger partial charge on any atom is 0.289 e. The fourth-order valence-electron chi connectivity index (χ4n) is 0.538. The average Bonchev–Trinajstić information content (AvgIpc) is 2.71. The molecule has 5 heteroatoms. The van der Waals surface area contributed by atoms with Crippen LogP contribution in [0.25, 0.3) is 6.20 Å². The minimum absolute atomic E-state index is 0.743. The summed E-state index contributed by atoms with van der Waals surface area (Å²) in [7, 11) is -2.31. The largest absolute Gasteiger partial charge is 0.331 e. The van der Waals surface area contributed by atoms with Gasteiger partial charge in [0, 0.05) is 18.6 Å². The molecule has 0 radical (unpaired) electrons. The minimum atomic E-state index is -3.39. The number of rotatable bonds is 3. The van der Waals surface area contributed by atoms with Gasteiger partial charge in [0.05, 0.1) is 12.5 Å². The van der Waals surface area contributed by atoms with E-state index in [1.54, 1.807) is 6.20 Å². The van der Waals surface area contributed by atoms with E-state index in [2.05, 4.69) is 17.3 Å². The highest BCUT2D eigenvalue weighted by Gasteiger charge is 1.95. The summed E-state index contributed by atoms with van der Waals surface area (Å²) in [5.41, 5.74) is 0. The molecule has 4 nitrogen and oxygen atoms in total. The normalized spacial score (nSPS) is 9.79. The second-order valence-corrected chi connectivity index (χ2v) is 3.79. The first kappa shape index (κ1) is 12.7. The smallest absolute Gasteiger partial charge is 0.289 e. The van der Waals surface area contributed by atoms with Gasteiger partial charge < -0.3 is 4.57 Å². The molecule has 0 amide bonds. The van der Waals surface area contributed by atoms with Crippen LogP contribution >= 0.6 is 0 Å². The van der Waals surface area contributed by atoms with Gasteiger partial charge in [0.25, 0.3) is 10.1 Å². The van der Waals surface area contributed by atoms with E-state index in [0.717, 1.165) is 12.5 Å². The van der Waals surface area contributed by atoms with E-state index in [1.165, 1.54) is 0 Å². The fourth-order valence-corrected chi connectivity index (χ4v) is 0.674. The Bertz CT molecular complexity index is 365. The van der Waals surface area contributed by atoms with Gasteiger partial charge in [0.15, 0.2) is 0 Å². The lowest BCUT2D eigenvalue weighted by atomic mass is 10.7. The lowest BCUT2D eigenvalue weighted by molar-refractivity contribution is 0.406. The second-order valence-electron chi connectivity index (χ2n) is 2.14. The van der Waals surface area contributed by atoms with Crippen LogP contribution in [-0.4, -0.2) is 20.1 Å². The highest BCUT2D eigenvalue weighted by atomic mass is 32.2. The molecule has 0 bridgehead atoms. The van der Waals surface area contributed by atoms with Gasteiger partial charge in [-0.1, -0.05) is 13.2 Å². The number of aromatic nitrogens is 1. The zero-order valence-electron chi connectivity index (χ0n) is 7.96. The third kappa shape index (κ3) is 5.34. The molecule has 0 N–H and O–H groups in total. The molecule has 1 aromatic heterocycles. The molecule has 0 aliphatic carbocycles. The summed E-state index contributed by atoms with van der Waals surface area (Å²) in [6.07, 6.45) is 5.62. The van der Waals surface area contributed by atoms with Gasteiger partial charge in [0.1, 0.15) is 0 Å². The molecule has 0 aliphatic rings. The summed E-state index contributed by atoms with van der Waals surface area (Å²) < 4.78 is 25.9. The van der Waals surface area contributed by atoms with Crippen LogP contribution < -0.4 is 0 Å². The summed E-state index contributed by atoms with van der Waals surface area (Å²) in [5.74, 6) is 0. The molecule has 1 rings (SSSR count). The van der Waals surface area contributed by atoms with Gasteiger partial charge in [-0.15, -0.1) is 0 Å². The Balaban J connectivity index is 0.000000241. The van der Waals surface area contributed by atoms with Crippen molar-refractivity contribution < 1.29 is 12.6 Å². The zero-order valence-corrected chi connectivity index (χ0v) is 8.78. The Hall–Kier alpha value is -1.33. The maximum absolute atomic E-state index is 10.0. The van der Waals surface area contributed by atoms with Crippen LogP contribution in [0.15, 0.2) is 43.1 Å². The van der Waals surface area contributed by atoms with Gasteiger partial charge in [-0.05, 0) is 12.1 Å². The van der Waals surface area contributed by atoms with E-state index in [1.807, 2.05) is 29.1 Å². The molecular weight excluding hydrogens is 202 g/mol. The summed E-state index contributed by atoms with van der Waals surface area (Å²) in [4.78, 5) is 0. The van der Waals surface area contributed by atoms with Crippen molar-refractivity contribution >= 4 is 16.3 Å². The molecular formula is C9H13NO3S. The number of nitrogens with zero attached hydrogens (tertiary/aromatic N) is 1. The molecule has 1 aromatic rings. The van der Waals surface area contributed by atoms with E-state index < -0.39 is 10.1 Å². The van der Waals surface area contributed by atoms with E-state index in [9.17, 15) is 8.42 Å². The first-order valence-electron chi connectivity index (χ1n) is 3.74. The standard InChI is InChI=1S/C6H7N.C3H6O3S/c1-2-7-5-3-4-6-7;1-3-7(4,5)6-2/h2-6H,1H2;3H,1H2,2H3. The SMILES string of the molecule is C=CS(=O)(=O)OC.C=Cn1cccc1. The van der Waals surface area contributed by atoms with E-state index in [-0.39, 0.29) is 0 Å². The topological polar surface area (TPSA) is 48.3 Å². The predicted molar refractivity (Wildman–Crippen MR) is 56.9 cm³/mol. The highest BCUT2D eigenvalue weighted by Crippen LogP contribution is 1.87. The van der Waals surface area contributed by atoms with Crippen molar-refractivity contribution in [2.75, 3.05) is 7.11 Å². The second kappa shape index (κ2) is 6.17. The van der Waals surface area contributed by atoms with Gasteiger partial charge >= 0.3 is 0 Å². The lowest BCUT2D eigenvalue weighted by Gasteiger charge is -1.86. The Morgan fingerprint density at radius 1 is 1.29 bits per heavy atom. The van der Waals surface area contributed by atoms with Crippen molar-refractivity contribution in [1.29, 1.82) is 0 Å². The number of hydrogen-bond donors (Lipinski definition) is 0. The van der Waals surface area contributed by atoms with Crippen molar-refractivity contribution in [3.05, 3.63) is 43.1 Å². The van der Waals surface area contributed by atoms with Gasteiger partial charge in [-0.25, -0.2) is 0 Å². The Labute approximate surface area is 84.2 Å². The van der Waals surface area contributed by atoms with Crippen LogP contribution in [0.5, 0.6) is 0 Å². The monoisotopic (exact) mass is 215 g/mol. The van der Waals surface area contributed by atoms with Crippen molar-refractivity contribution in [3.63, 3.8) is 0 Å². The van der Waals surface area contributed by atoms with Crippen LogP contribution in [-0.2, 0) is 14.3 Å². The predicted octanol–water partition coefficient (Wildman–Crippen LogP) is 1.69. The van der Waals surface area contributed by atoms with Crippen LogP contribution in [0.3, 0.4) is 0 Å². The quantitative estimate of drug-likeness (QED) is 0.721. The molecule has 0 aliphatic heterocycles. The first-order valence-corrected chi connectivity index (χ1v) is 5.21. The lowest BCUT2D eigenvalue weighted by Crippen LogP contribution is -1.94. The van der Waals surface area contributed by atoms with Crippen LogP contribution in [0.2, 0.25) is 0 Å². The summed E-state index contributed by atoms with van der Waals surface area (Å²) in [6, 6.07) is 3.92. The van der Waals surface area contributed by atoms with Crippen LogP contribution in [0.1, 0.15) is 0 Å². The van der Waals surface area contributed by atoms with Crippen LogP contribution in [0.4, 0.5) is 0 Å². The third-order valence-electron chi connectivity index (χ3n) is 1.27. The summed E-state index contributed by atoms with van der Waals surface area (Å²) >= 11 is 0.